The first-order valence-corrected chi connectivity index (χ1v) is 10.3. The van der Waals surface area contributed by atoms with E-state index in [9.17, 15) is 8.42 Å². The molecule has 0 spiro atoms. The van der Waals surface area contributed by atoms with Crippen LogP contribution >= 0.6 is 0 Å². The van der Waals surface area contributed by atoms with E-state index in [2.05, 4.69) is 4.72 Å². The van der Waals surface area contributed by atoms with E-state index in [0.717, 1.165) is 5.56 Å². The van der Waals surface area contributed by atoms with Crippen molar-refractivity contribution in [3.05, 3.63) is 78.4 Å². The molecule has 0 heterocycles. The lowest BCUT2D eigenvalue weighted by atomic mass is 10.1. The normalized spacial score (nSPS) is 12.4. The fourth-order valence-electron chi connectivity index (χ4n) is 3.09. The summed E-state index contributed by atoms with van der Waals surface area (Å²) in [5.74, 6) is 1.22. The first-order valence-electron chi connectivity index (χ1n) is 8.85. The molecule has 3 rings (SSSR count). The average Bonchev–Trinajstić information content (AvgIpc) is 2.73. The highest BCUT2D eigenvalue weighted by molar-refractivity contribution is 7.89. The molecule has 0 radical (unpaired) electrons. The van der Waals surface area contributed by atoms with E-state index in [0.29, 0.717) is 22.6 Å². The van der Waals surface area contributed by atoms with E-state index in [1.165, 1.54) is 0 Å². The number of rotatable bonds is 7. The van der Waals surface area contributed by atoms with Gasteiger partial charge in [0.25, 0.3) is 0 Å². The van der Waals surface area contributed by atoms with Gasteiger partial charge in [-0.3, -0.25) is 0 Å². The van der Waals surface area contributed by atoms with Gasteiger partial charge in [-0.1, -0.05) is 48.5 Å². The smallest absolute Gasteiger partial charge is 0.241 e. The van der Waals surface area contributed by atoms with E-state index in [-0.39, 0.29) is 4.90 Å². The number of hydrogen-bond donors (Lipinski definition) is 1. The Labute approximate surface area is 166 Å². The zero-order valence-corrected chi connectivity index (χ0v) is 16.9. The Hall–Kier alpha value is -2.83. The summed E-state index contributed by atoms with van der Waals surface area (Å²) in [5.41, 5.74) is 2.19. The van der Waals surface area contributed by atoms with Crippen LogP contribution < -0.4 is 14.2 Å². The molecule has 1 unspecified atom stereocenters. The molecular weight excluding hydrogens is 374 g/mol. The Morgan fingerprint density at radius 3 is 2.21 bits per heavy atom. The predicted octanol–water partition coefficient (Wildman–Crippen LogP) is 4.41. The molecule has 1 N–H and O–H groups in total. The average molecular weight is 397 g/mol. The van der Waals surface area contributed by atoms with Crippen LogP contribution in [0.4, 0.5) is 0 Å². The van der Waals surface area contributed by atoms with Crippen LogP contribution in [0.5, 0.6) is 11.5 Å². The quantitative estimate of drug-likeness (QED) is 0.641. The summed E-state index contributed by atoms with van der Waals surface area (Å²) in [4.78, 5) is 0.231. The Balaban J connectivity index is 1.98. The summed E-state index contributed by atoms with van der Waals surface area (Å²) in [7, 11) is -0.659. The Kier molecular flexibility index (Phi) is 6.02. The maximum Gasteiger partial charge on any atom is 0.241 e. The second kappa shape index (κ2) is 8.46. The molecule has 0 aromatic heterocycles. The van der Waals surface area contributed by atoms with Crippen LogP contribution in [0.2, 0.25) is 0 Å². The van der Waals surface area contributed by atoms with Crippen LogP contribution in [0.3, 0.4) is 0 Å². The highest BCUT2D eigenvalue weighted by Gasteiger charge is 2.23. The molecule has 0 bridgehead atoms. The highest BCUT2D eigenvalue weighted by atomic mass is 32.2. The second-order valence-electron chi connectivity index (χ2n) is 6.31. The van der Waals surface area contributed by atoms with Crippen molar-refractivity contribution < 1.29 is 17.9 Å². The third-order valence-corrected chi connectivity index (χ3v) is 6.10. The third-order valence-electron chi connectivity index (χ3n) is 4.50. The number of ether oxygens (including phenoxy) is 2. The maximum absolute atomic E-state index is 13.2. The van der Waals surface area contributed by atoms with Gasteiger partial charge in [0, 0.05) is 17.2 Å². The minimum Gasteiger partial charge on any atom is -0.497 e. The van der Waals surface area contributed by atoms with Gasteiger partial charge < -0.3 is 9.47 Å². The zero-order valence-electron chi connectivity index (χ0n) is 16.0. The van der Waals surface area contributed by atoms with E-state index >= 15 is 0 Å². The van der Waals surface area contributed by atoms with Crippen molar-refractivity contribution in [2.45, 2.75) is 17.9 Å². The lowest BCUT2D eigenvalue weighted by Gasteiger charge is -2.19. The molecule has 146 valence electrons. The molecule has 3 aromatic rings. The van der Waals surface area contributed by atoms with Crippen LogP contribution in [-0.4, -0.2) is 22.6 Å². The topological polar surface area (TPSA) is 64.6 Å². The molecule has 0 amide bonds. The monoisotopic (exact) mass is 397 g/mol. The summed E-state index contributed by atoms with van der Waals surface area (Å²) < 4.78 is 39.8. The molecule has 28 heavy (non-hydrogen) atoms. The molecule has 1 atom stereocenters. The van der Waals surface area contributed by atoms with Crippen molar-refractivity contribution in [1.82, 2.24) is 4.72 Å². The van der Waals surface area contributed by atoms with E-state index in [1.807, 2.05) is 36.4 Å². The van der Waals surface area contributed by atoms with E-state index < -0.39 is 16.1 Å². The van der Waals surface area contributed by atoms with Gasteiger partial charge in [-0.15, -0.1) is 0 Å². The van der Waals surface area contributed by atoms with Crippen LogP contribution in [0.15, 0.2) is 77.7 Å². The van der Waals surface area contributed by atoms with Crippen molar-refractivity contribution in [1.29, 1.82) is 0 Å². The highest BCUT2D eigenvalue weighted by Crippen LogP contribution is 2.32. The summed E-state index contributed by atoms with van der Waals surface area (Å²) in [6.07, 6.45) is 0. The Bertz CT molecular complexity index is 1050. The van der Waals surface area contributed by atoms with Gasteiger partial charge >= 0.3 is 0 Å². The first-order chi connectivity index (χ1) is 13.5. The van der Waals surface area contributed by atoms with Crippen LogP contribution in [-0.2, 0) is 10.0 Å². The van der Waals surface area contributed by atoms with Crippen molar-refractivity contribution in [3.8, 4) is 22.6 Å². The lowest BCUT2D eigenvalue weighted by Crippen LogP contribution is -2.27. The van der Waals surface area contributed by atoms with Gasteiger partial charge in [-0.05, 0) is 36.8 Å². The molecule has 0 aliphatic heterocycles. The summed E-state index contributed by atoms with van der Waals surface area (Å²) in [5, 5.41) is 0. The minimum absolute atomic E-state index is 0.231. The molecule has 0 aliphatic rings. The number of methoxy groups -OCH3 is 2. The van der Waals surface area contributed by atoms with Crippen molar-refractivity contribution >= 4 is 10.0 Å². The van der Waals surface area contributed by atoms with Crippen molar-refractivity contribution in [2.75, 3.05) is 14.2 Å². The minimum atomic E-state index is -3.78. The van der Waals surface area contributed by atoms with Gasteiger partial charge in [-0.2, -0.15) is 0 Å². The first kappa shape index (κ1) is 19.9. The standard InChI is InChI=1S/C22H23NO4S/c1-16(20-15-18(26-2)13-14-21(20)27-3)23-28(24,25)22-12-8-7-11-19(22)17-9-5-4-6-10-17/h4-16,23H,1-3H3. The van der Waals surface area contributed by atoms with Gasteiger partial charge in [0.2, 0.25) is 10.0 Å². The van der Waals surface area contributed by atoms with Crippen LogP contribution in [0.25, 0.3) is 11.1 Å². The fraction of sp³-hybridized carbons (Fsp3) is 0.182. The van der Waals surface area contributed by atoms with Crippen molar-refractivity contribution in [3.63, 3.8) is 0 Å². The summed E-state index contributed by atoms with van der Waals surface area (Å²) >= 11 is 0. The van der Waals surface area contributed by atoms with Gasteiger partial charge in [0.1, 0.15) is 11.5 Å². The fourth-order valence-corrected chi connectivity index (χ4v) is 4.55. The molecule has 0 saturated heterocycles. The molecule has 0 fully saturated rings. The molecule has 5 nitrogen and oxygen atoms in total. The van der Waals surface area contributed by atoms with Gasteiger partial charge in [0.05, 0.1) is 19.1 Å². The summed E-state index contributed by atoms with van der Waals surface area (Å²) in [6, 6.07) is 21.2. The predicted molar refractivity (Wildman–Crippen MR) is 110 cm³/mol. The largest absolute Gasteiger partial charge is 0.497 e. The number of hydrogen-bond acceptors (Lipinski definition) is 4. The summed E-state index contributed by atoms with van der Waals surface area (Å²) in [6.45, 7) is 1.78. The van der Waals surface area contributed by atoms with Gasteiger partial charge in [0.15, 0.2) is 0 Å². The third kappa shape index (κ3) is 4.18. The van der Waals surface area contributed by atoms with Crippen LogP contribution in [0, 0.1) is 0 Å². The SMILES string of the molecule is COc1ccc(OC)c(C(C)NS(=O)(=O)c2ccccc2-c2ccccc2)c1. The Morgan fingerprint density at radius 2 is 1.54 bits per heavy atom. The van der Waals surface area contributed by atoms with E-state index in [1.54, 1.807) is 57.5 Å². The zero-order chi connectivity index (χ0) is 20.1. The molecule has 0 saturated carbocycles. The van der Waals surface area contributed by atoms with E-state index in [4.69, 9.17) is 9.47 Å². The maximum atomic E-state index is 13.2. The molecule has 3 aromatic carbocycles. The molecule has 6 heteroatoms. The Morgan fingerprint density at radius 1 is 0.857 bits per heavy atom. The molecular formula is C22H23NO4S. The number of nitrogens with one attached hydrogen (secondary N) is 1. The second-order valence-corrected chi connectivity index (χ2v) is 8.00. The van der Waals surface area contributed by atoms with Gasteiger partial charge in [-0.25, -0.2) is 13.1 Å². The lowest BCUT2D eigenvalue weighted by molar-refractivity contribution is 0.395. The number of benzene rings is 3. The molecule has 0 aliphatic carbocycles. The van der Waals surface area contributed by atoms with Crippen LogP contribution in [0.1, 0.15) is 18.5 Å². The van der Waals surface area contributed by atoms with Crippen molar-refractivity contribution in [2.24, 2.45) is 0 Å². The number of sulfonamides is 1.